The third kappa shape index (κ3) is 5.57. The van der Waals surface area contributed by atoms with Crippen LogP contribution in [0.25, 0.3) is 0 Å². The number of benzene rings is 1. The minimum Gasteiger partial charge on any atom is -0.294 e. The van der Waals surface area contributed by atoms with Crippen LogP contribution >= 0.6 is 34.8 Å². The molecule has 0 N–H and O–H groups in total. The maximum atomic E-state index is 11.6. The van der Waals surface area contributed by atoms with Gasteiger partial charge in [0.1, 0.15) is 0 Å². The van der Waals surface area contributed by atoms with Crippen molar-refractivity contribution in [1.82, 2.24) is 0 Å². The molecule has 0 aromatic heterocycles. The first-order valence-corrected chi connectivity index (χ1v) is 7.48. The van der Waals surface area contributed by atoms with E-state index in [0.717, 1.165) is 11.6 Å². The van der Waals surface area contributed by atoms with E-state index in [9.17, 15) is 4.79 Å². The molecule has 0 atom stereocenters. The summed E-state index contributed by atoms with van der Waals surface area (Å²) < 4.78 is -1.11. The molecule has 1 rings (SSSR count). The number of Topliss-reactive ketones (excluding diaryl/α,β-unsaturated/α-hetero) is 1. The summed E-state index contributed by atoms with van der Waals surface area (Å²) in [6.45, 7) is 0. The maximum absolute atomic E-state index is 11.6. The highest BCUT2D eigenvalue weighted by molar-refractivity contribution is 6.87. The number of halogens is 3. The second-order valence-corrected chi connectivity index (χ2v) is 9.39. The van der Waals surface area contributed by atoms with Crippen molar-refractivity contribution < 1.29 is 4.79 Å². The van der Waals surface area contributed by atoms with Gasteiger partial charge in [0.15, 0.2) is 9.20 Å². The van der Waals surface area contributed by atoms with Crippen molar-refractivity contribution in [3.63, 3.8) is 0 Å². The summed E-state index contributed by atoms with van der Waals surface area (Å²) in [6, 6.07) is 9.91. The van der Waals surface area contributed by atoms with Crippen molar-refractivity contribution in [3.8, 4) is 0 Å². The molecule has 0 heterocycles. The van der Waals surface area contributed by atoms with Crippen molar-refractivity contribution in [2.24, 2.45) is 0 Å². The first-order valence-electron chi connectivity index (χ1n) is 4.64. The Balaban J connectivity index is 2.38. The Kier molecular flexibility index (Phi) is 5.13. The highest BCUT2D eigenvalue weighted by Crippen LogP contribution is 2.25. The summed E-state index contributed by atoms with van der Waals surface area (Å²) >= 11 is 16.9. The molecule has 0 unspecified atom stereocenters. The fraction of sp³-hybridized carbons (Fsp3) is 0.300. The van der Waals surface area contributed by atoms with Crippen LogP contribution in [0.1, 0.15) is 16.8 Å². The van der Waals surface area contributed by atoms with Crippen LogP contribution in [0.2, 0.25) is 6.04 Å². The molecule has 0 radical (unpaired) electrons. The SMILES string of the molecule is O=C(CC[SiH2]C(Cl)(Cl)Cl)c1ccccc1. The molecule has 0 saturated carbocycles. The zero-order chi connectivity index (χ0) is 11.3. The fourth-order valence-corrected chi connectivity index (χ4v) is 3.32. The van der Waals surface area contributed by atoms with Crippen LogP contribution in [0.4, 0.5) is 0 Å². The van der Waals surface area contributed by atoms with Crippen molar-refractivity contribution in [2.75, 3.05) is 0 Å². The Hall–Kier alpha value is -0.0231. The van der Waals surface area contributed by atoms with Crippen LogP contribution in [0.15, 0.2) is 30.3 Å². The number of rotatable bonds is 4. The normalized spacial score (nSPS) is 12.2. The van der Waals surface area contributed by atoms with E-state index in [-0.39, 0.29) is 5.78 Å². The lowest BCUT2D eigenvalue weighted by Gasteiger charge is -2.08. The van der Waals surface area contributed by atoms with Gasteiger partial charge in [0, 0.05) is 12.0 Å². The maximum Gasteiger partial charge on any atom is 0.169 e. The predicted molar refractivity (Wildman–Crippen MR) is 69.0 cm³/mol. The number of carbonyl (C=O) groups excluding carboxylic acids is 1. The highest BCUT2D eigenvalue weighted by atomic mass is 35.6. The van der Waals surface area contributed by atoms with E-state index >= 15 is 0 Å². The van der Waals surface area contributed by atoms with Gasteiger partial charge in [-0.1, -0.05) is 71.2 Å². The van der Waals surface area contributed by atoms with Gasteiger partial charge in [-0.2, -0.15) is 0 Å². The summed E-state index contributed by atoms with van der Waals surface area (Å²) in [4.78, 5) is 11.6. The van der Waals surface area contributed by atoms with Gasteiger partial charge in [0.05, 0.1) is 9.52 Å². The molecule has 0 amide bonds. The molecule has 0 fully saturated rings. The van der Waals surface area contributed by atoms with Gasteiger partial charge in [-0.05, 0) is 0 Å². The van der Waals surface area contributed by atoms with E-state index in [4.69, 9.17) is 34.8 Å². The number of alkyl halides is 3. The molecule has 15 heavy (non-hydrogen) atoms. The van der Waals surface area contributed by atoms with Gasteiger partial charge < -0.3 is 0 Å². The number of hydrogen-bond acceptors (Lipinski definition) is 1. The first-order chi connectivity index (χ1) is 6.99. The van der Waals surface area contributed by atoms with E-state index in [1.807, 2.05) is 18.2 Å². The van der Waals surface area contributed by atoms with E-state index < -0.39 is 12.9 Å². The van der Waals surface area contributed by atoms with Gasteiger partial charge in [-0.3, -0.25) is 4.79 Å². The molecule has 1 nitrogen and oxygen atoms in total. The Labute approximate surface area is 107 Å². The van der Waals surface area contributed by atoms with Crippen LogP contribution in [-0.2, 0) is 0 Å². The fourth-order valence-electron chi connectivity index (χ4n) is 1.22. The van der Waals surface area contributed by atoms with E-state index in [0.29, 0.717) is 6.42 Å². The zero-order valence-electron chi connectivity index (χ0n) is 8.05. The van der Waals surface area contributed by atoms with Crippen LogP contribution in [0, 0.1) is 0 Å². The molecular formula is C10H11Cl3OSi. The summed E-state index contributed by atoms with van der Waals surface area (Å²) in [5.74, 6) is 0.123. The smallest absolute Gasteiger partial charge is 0.169 e. The molecule has 0 spiro atoms. The Bertz CT molecular complexity index is 321. The lowest BCUT2D eigenvalue weighted by Crippen LogP contribution is -2.14. The lowest BCUT2D eigenvalue weighted by molar-refractivity contribution is 0.0988. The highest BCUT2D eigenvalue weighted by Gasteiger charge is 2.19. The topological polar surface area (TPSA) is 17.1 Å². The molecule has 1 aromatic carbocycles. The van der Waals surface area contributed by atoms with Crippen molar-refractivity contribution in [3.05, 3.63) is 35.9 Å². The Morgan fingerprint density at radius 1 is 1.20 bits per heavy atom. The van der Waals surface area contributed by atoms with E-state index in [2.05, 4.69) is 0 Å². The van der Waals surface area contributed by atoms with Crippen molar-refractivity contribution in [1.29, 1.82) is 0 Å². The van der Waals surface area contributed by atoms with Gasteiger partial charge in [0.2, 0.25) is 0 Å². The van der Waals surface area contributed by atoms with Crippen LogP contribution in [0.3, 0.4) is 0 Å². The summed E-state index contributed by atoms with van der Waals surface area (Å²) in [7, 11) is -0.823. The summed E-state index contributed by atoms with van der Waals surface area (Å²) in [6.07, 6.45) is 0.476. The molecule has 0 aliphatic heterocycles. The number of ketones is 1. The largest absolute Gasteiger partial charge is 0.294 e. The Morgan fingerprint density at radius 2 is 1.80 bits per heavy atom. The third-order valence-electron chi connectivity index (χ3n) is 1.96. The van der Waals surface area contributed by atoms with Crippen LogP contribution in [0.5, 0.6) is 0 Å². The molecule has 1 aromatic rings. The Morgan fingerprint density at radius 3 is 2.33 bits per heavy atom. The molecule has 0 aliphatic rings. The second-order valence-electron chi connectivity index (χ2n) is 3.26. The first kappa shape index (κ1) is 13.0. The van der Waals surface area contributed by atoms with E-state index in [1.165, 1.54) is 0 Å². The monoisotopic (exact) mass is 280 g/mol. The molecular weight excluding hydrogens is 271 g/mol. The van der Waals surface area contributed by atoms with Gasteiger partial charge >= 0.3 is 0 Å². The second kappa shape index (κ2) is 5.90. The standard InChI is InChI=1S/C10H11Cl3OSi/c11-10(12,13)15-7-6-9(14)8-4-2-1-3-5-8/h1-5H,6-7,15H2. The third-order valence-corrected chi connectivity index (χ3v) is 4.93. The lowest BCUT2D eigenvalue weighted by atomic mass is 10.1. The van der Waals surface area contributed by atoms with Gasteiger partial charge in [0.25, 0.3) is 0 Å². The molecule has 0 saturated heterocycles. The molecule has 5 heteroatoms. The van der Waals surface area contributed by atoms with Crippen LogP contribution in [-0.4, -0.2) is 18.7 Å². The summed E-state index contributed by atoms with van der Waals surface area (Å²) in [5, 5.41) is 0. The minimum absolute atomic E-state index is 0.123. The number of hydrogen-bond donors (Lipinski definition) is 0. The van der Waals surface area contributed by atoms with Gasteiger partial charge in [-0.25, -0.2) is 0 Å². The van der Waals surface area contributed by atoms with Crippen molar-refractivity contribution >= 4 is 50.1 Å². The van der Waals surface area contributed by atoms with E-state index in [1.54, 1.807) is 12.1 Å². The molecule has 0 bridgehead atoms. The van der Waals surface area contributed by atoms with Crippen molar-refractivity contribution in [2.45, 2.75) is 15.9 Å². The molecule has 82 valence electrons. The average Bonchev–Trinajstić information content (AvgIpc) is 2.17. The van der Waals surface area contributed by atoms with Gasteiger partial charge in [-0.15, -0.1) is 0 Å². The zero-order valence-corrected chi connectivity index (χ0v) is 11.7. The summed E-state index contributed by atoms with van der Waals surface area (Å²) in [5.41, 5.74) is 0.732. The molecule has 0 aliphatic carbocycles. The number of carbonyl (C=O) groups is 1. The minimum atomic E-state index is -1.11. The quantitative estimate of drug-likeness (QED) is 0.471. The van der Waals surface area contributed by atoms with Crippen LogP contribution < -0.4 is 0 Å². The average molecular weight is 282 g/mol. The predicted octanol–water partition coefficient (Wildman–Crippen LogP) is 3.17.